The Morgan fingerprint density at radius 3 is 1.13 bits per heavy atom. The first kappa shape index (κ1) is 63.6. The molecule has 2 fully saturated rings. The van der Waals surface area contributed by atoms with Gasteiger partial charge in [0.25, 0.3) is 0 Å². The smallest absolute Gasteiger partial charge is 0.813 e. The van der Waals surface area contributed by atoms with E-state index in [9.17, 15) is 0 Å². The van der Waals surface area contributed by atoms with Gasteiger partial charge in [-0.25, -0.2) is 0 Å². The molecular weight excluding hydrogens is 725 g/mol. The van der Waals surface area contributed by atoms with Crippen molar-refractivity contribution in [3.63, 3.8) is 0 Å². The van der Waals surface area contributed by atoms with Gasteiger partial charge >= 0.3 is 74.4 Å². The molecule has 3 radical (unpaired) electrons. The molecule has 0 amide bonds. The Morgan fingerprint density at radius 2 is 1.07 bits per heavy atom. The molecule has 3 rings (SSSR count). The minimum Gasteiger partial charge on any atom is -0.813 e. The van der Waals surface area contributed by atoms with Crippen LogP contribution in [-0.2, 0) is 132 Å². The topological polar surface area (TPSA) is 117 Å². The number of hydrogen-bond acceptors (Lipinski definition) is 5. The van der Waals surface area contributed by atoms with Crippen LogP contribution in [0, 0.1) is 11.8 Å². The van der Waals surface area contributed by atoms with Gasteiger partial charge in [-0.15, -0.1) is 38.8 Å². The third-order valence-corrected chi connectivity index (χ3v) is 2.91. The monoisotopic (exact) mass is 755 g/mol. The Hall–Kier alpha value is 2.27. The molecule has 0 aliphatic carbocycles. The van der Waals surface area contributed by atoms with Crippen molar-refractivity contribution in [1.82, 2.24) is 0 Å². The van der Waals surface area contributed by atoms with Crippen LogP contribution in [0.4, 0.5) is 0 Å². The number of nitrogens with two attached hydrogens (primary N) is 1. The van der Waals surface area contributed by atoms with Crippen LogP contribution in [0.1, 0.15) is 38.5 Å². The second kappa shape index (κ2) is 69.7. The van der Waals surface area contributed by atoms with Gasteiger partial charge in [-0.2, -0.15) is 6.20 Å². The van der Waals surface area contributed by atoms with Crippen molar-refractivity contribution >= 4 is 40.5 Å². The summed E-state index contributed by atoms with van der Waals surface area (Å²) in [5.41, 5.74) is 0. The summed E-state index contributed by atoms with van der Waals surface area (Å²) >= 11 is 0.700. The van der Waals surface area contributed by atoms with E-state index in [4.69, 9.17) is 15.2 Å². The average molecular weight is 756 g/mol. The first-order valence-corrected chi connectivity index (χ1v) is 8.46. The van der Waals surface area contributed by atoms with E-state index in [2.05, 4.69) is 16.0 Å². The number of piperidine rings is 2. The predicted molar refractivity (Wildman–Crippen MR) is 118 cm³/mol. The summed E-state index contributed by atoms with van der Waals surface area (Å²) in [7, 11) is 0. The van der Waals surface area contributed by atoms with Crippen molar-refractivity contribution in [1.29, 1.82) is 5.26 Å². The first-order valence-electron chi connectivity index (χ1n) is 7.64. The van der Waals surface area contributed by atoms with Gasteiger partial charge in [0.2, 0.25) is 0 Å². The zero-order valence-corrected chi connectivity index (χ0v) is 24.8. The van der Waals surface area contributed by atoms with Crippen LogP contribution in [0.2, 0.25) is 0 Å². The standard InChI is InChI=1S/2C5H10N.C5H6N.CN.4Cu.Mo.H2N.O.3H2S/c3*1-2-4-6-5-3-1;1-2;;;;;;;;;;/h2*1-5H2;1-4H,5H2;;;;;;;1H2;;3*1H2/q4*-1;;+1;2*+2;;-1;;;;/p-3. The molecule has 197 valence electrons. The maximum absolute atomic E-state index is 8.26. The van der Waals surface area contributed by atoms with Crippen molar-refractivity contribution in [2.45, 2.75) is 38.5 Å². The van der Waals surface area contributed by atoms with Crippen molar-refractivity contribution in [2.24, 2.45) is 0 Å². The summed E-state index contributed by atoms with van der Waals surface area (Å²) in [5.74, 6) is 0. The summed E-state index contributed by atoms with van der Waals surface area (Å²) in [6.07, 6.45) is 15.9. The third kappa shape index (κ3) is 63.1. The SMILES string of the molecule is C1=CC[N-]C=C1.C1CC[N-]CC1.C1CC[N-]CC1.[C-]#N.[Cu+2].[Cu+2].[Cu+].[Cu].[NH2-].[O]=[Mo].[SH-].[SH-].[SH-]. The summed E-state index contributed by atoms with van der Waals surface area (Å²) < 4.78 is 8.26. The zero-order chi connectivity index (χ0) is 16.7. The Labute approximate surface area is 258 Å². The number of hydrogen-bond donors (Lipinski definition) is 0. The van der Waals surface area contributed by atoms with Crippen molar-refractivity contribution in [3.05, 3.63) is 53.1 Å². The normalized spacial score (nSPS) is 13.3. The van der Waals surface area contributed by atoms with E-state index in [1.54, 1.807) is 6.20 Å². The van der Waals surface area contributed by atoms with Crippen molar-refractivity contribution < 1.29 is 91.4 Å². The molecular formula is C16H31Cu4MoN5OS3-3. The summed E-state index contributed by atoms with van der Waals surface area (Å²) in [5, 5.41) is 18.5. The zero-order valence-electron chi connectivity index (χ0n) is 16.3. The maximum Gasteiger partial charge on any atom is -0.813 e. The van der Waals surface area contributed by atoms with E-state index in [0.29, 0.717) is 19.8 Å². The van der Waals surface area contributed by atoms with Crippen LogP contribution < -0.4 is 0 Å². The minimum atomic E-state index is 0. The molecule has 2 saturated heterocycles. The van der Waals surface area contributed by atoms with Crippen LogP contribution in [0.3, 0.4) is 0 Å². The van der Waals surface area contributed by atoms with E-state index >= 15 is 0 Å². The van der Waals surface area contributed by atoms with Crippen LogP contribution in [0.15, 0.2) is 24.4 Å². The number of rotatable bonds is 0. The van der Waals surface area contributed by atoms with Crippen molar-refractivity contribution in [2.75, 3.05) is 32.7 Å². The molecule has 0 spiro atoms. The van der Waals surface area contributed by atoms with Crippen LogP contribution in [0.25, 0.3) is 22.1 Å². The molecule has 3 aliphatic heterocycles. The number of allylic oxidation sites excluding steroid dienone is 2. The fourth-order valence-electron chi connectivity index (χ4n) is 1.84. The molecule has 3 heterocycles. The molecule has 14 heteroatoms. The Bertz CT molecular complexity index is 260. The second-order valence-corrected chi connectivity index (χ2v) is 4.60. The van der Waals surface area contributed by atoms with Gasteiger partial charge in [-0.05, 0) is 0 Å². The van der Waals surface area contributed by atoms with Gasteiger partial charge in [-0.3, -0.25) is 0 Å². The molecule has 0 bridgehead atoms. The van der Waals surface area contributed by atoms with E-state index < -0.39 is 0 Å². The van der Waals surface area contributed by atoms with E-state index in [0.717, 1.165) is 32.7 Å². The Kier molecular flexibility index (Phi) is 148. The molecule has 0 aromatic carbocycles. The Balaban J connectivity index is -0.0000000205. The van der Waals surface area contributed by atoms with Gasteiger partial charge in [0.05, 0.1) is 0 Å². The fourth-order valence-corrected chi connectivity index (χ4v) is 1.84. The molecule has 0 aromatic heterocycles. The Morgan fingerprint density at radius 1 is 0.733 bits per heavy atom. The van der Waals surface area contributed by atoms with Gasteiger partial charge < -0.3 is 74.4 Å². The number of nitrogens with zero attached hydrogens (tertiary/aromatic N) is 4. The largest absolute Gasteiger partial charge is 0.813 e. The fraction of sp³-hybridized carbons (Fsp3) is 0.688. The molecule has 30 heavy (non-hydrogen) atoms. The summed E-state index contributed by atoms with van der Waals surface area (Å²) in [6, 6.07) is 0. The van der Waals surface area contributed by atoms with Crippen molar-refractivity contribution in [3.8, 4) is 0 Å². The molecule has 3 aliphatic rings. The third-order valence-electron chi connectivity index (χ3n) is 2.91. The van der Waals surface area contributed by atoms with Gasteiger partial charge in [0.1, 0.15) is 0 Å². The molecule has 2 N–H and O–H groups in total. The van der Waals surface area contributed by atoms with Gasteiger partial charge in [0, 0.05) is 17.1 Å². The molecule has 0 unspecified atom stereocenters. The summed E-state index contributed by atoms with van der Waals surface area (Å²) in [6.45, 7) is 10.1. The first-order chi connectivity index (χ1) is 11.0. The molecule has 0 saturated carbocycles. The average Bonchev–Trinajstić information content (AvgIpc) is 2.70. The quantitative estimate of drug-likeness (QED) is 0.157. The van der Waals surface area contributed by atoms with Crippen LogP contribution in [-0.4, -0.2) is 32.7 Å². The van der Waals surface area contributed by atoms with Crippen LogP contribution in [0.5, 0.6) is 0 Å². The van der Waals surface area contributed by atoms with E-state index in [1.165, 1.54) is 38.5 Å². The maximum atomic E-state index is 8.26. The minimum absolute atomic E-state index is 0. The van der Waals surface area contributed by atoms with Crippen LogP contribution >= 0.6 is 0 Å². The molecule has 0 atom stereocenters. The predicted octanol–water partition coefficient (Wildman–Crippen LogP) is 4.40. The van der Waals surface area contributed by atoms with E-state index in [1.807, 2.05) is 18.2 Å². The molecule has 0 aromatic rings. The van der Waals surface area contributed by atoms with Gasteiger partial charge in [0.15, 0.2) is 0 Å². The summed E-state index contributed by atoms with van der Waals surface area (Å²) in [4.78, 5) is 0. The second-order valence-electron chi connectivity index (χ2n) is 4.60. The molecule has 6 nitrogen and oxygen atoms in total. The van der Waals surface area contributed by atoms with E-state index in [-0.39, 0.29) is 115 Å². The van der Waals surface area contributed by atoms with Gasteiger partial charge in [-0.1, -0.05) is 50.7 Å². The number of thiol groups is 3.